The molecular formula is C16H12FNO2. The van der Waals surface area contributed by atoms with Crippen molar-refractivity contribution < 1.29 is 14.2 Å². The van der Waals surface area contributed by atoms with E-state index in [2.05, 4.69) is 4.98 Å². The van der Waals surface area contributed by atoms with Gasteiger partial charge >= 0.3 is 0 Å². The third kappa shape index (κ3) is 2.16. The first-order chi connectivity index (χ1) is 9.67. The Morgan fingerprint density at radius 3 is 2.50 bits per heavy atom. The Morgan fingerprint density at radius 2 is 1.80 bits per heavy atom. The molecule has 0 spiro atoms. The Balaban J connectivity index is 2.19. The van der Waals surface area contributed by atoms with Crippen molar-refractivity contribution >= 4 is 10.8 Å². The van der Waals surface area contributed by atoms with E-state index in [-0.39, 0.29) is 11.7 Å². The molecule has 0 aliphatic rings. The number of halogens is 1. The van der Waals surface area contributed by atoms with E-state index in [4.69, 9.17) is 4.74 Å². The fraction of sp³-hybridized carbons (Fsp3) is 0.0625. The molecule has 3 rings (SSSR count). The van der Waals surface area contributed by atoms with Crippen LogP contribution in [0.4, 0.5) is 4.39 Å². The number of fused-ring (bicyclic) bond motifs is 1. The van der Waals surface area contributed by atoms with Gasteiger partial charge in [0.2, 0.25) is 5.88 Å². The zero-order chi connectivity index (χ0) is 14.1. The van der Waals surface area contributed by atoms with Crippen molar-refractivity contribution in [2.75, 3.05) is 7.11 Å². The van der Waals surface area contributed by atoms with Gasteiger partial charge in [-0.05, 0) is 53.9 Å². The van der Waals surface area contributed by atoms with Crippen molar-refractivity contribution in [2.45, 2.75) is 0 Å². The van der Waals surface area contributed by atoms with Gasteiger partial charge in [0.1, 0.15) is 11.6 Å². The molecule has 100 valence electrons. The van der Waals surface area contributed by atoms with Crippen molar-refractivity contribution in [1.29, 1.82) is 0 Å². The Kier molecular flexibility index (Phi) is 2.99. The largest absolute Gasteiger partial charge is 0.497 e. The minimum absolute atomic E-state index is 0.0514. The molecule has 4 heteroatoms. The van der Waals surface area contributed by atoms with Crippen molar-refractivity contribution in [3.63, 3.8) is 0 Å². The van der Waals surface area contributed by atoms with E-state index in [0.29, 0.717) is 16.8 Å². The van der Waals surface area contributed by atoms with Crippen LogP contribution in [-0.2, 0) is 0 Å². The van der Waals surface area contributed by atoms with Gasteiger partial charge in [0.15, 0.2) is 0 Å². The molecule has 3 aromatic rings. The predicted octanol–water partition coefficient (Wildman–Crippen LogP) is 3.76. The summed E-state index contributed by atoms with van der Waals surface area (Å²) in [5, 5.41) is 11.5. The van der Waals surface area contributed by atoms with Crippen LogP contribution in [0, 0.1) is 5.82 Å². The van der Waals surface area contributed by atoms with Crippen LogP contribution >= 0.6 is 0 Å². The van der Waals surface area contributed by atoms with E-state index >= 15 is 0 Å². The molecule has 1 aromatic heterocycles. The second kappa shape index (κ2) is 4.81. The van der Waals surface area contributed by atoms with E-state index < -0.39 is 0 Å². The number of aromatic hydroxyl groups is 1. The van der Waals surface area contributed by atoms with Gasteiger partial charge in [-0.25, -0.2) is 9.37 Å². The Labute approximate surface area is 115 Å². The third-order valence-corrected chi connectivity index (χ3v) is 3.16. The summed E-state index contributed by atoms with van der Waals surface area (Å²) in [6.07, 6.45) is 0. The van der Waals surface area contributed by atoms with Crippen LogP contribution in [0.2, 0.25) is 0 Å². The second-order valence-electron chi connectivity index (χ2n) is 4.43. The van der Waals surface area contributed by atoms with Gasteiger partial charge in [-0.2, -0.15) is 0 Å². The van der Waals surface area contributed by atoms with Crippen LogP contribution in [0.15, 0.2) is 48.5 Å². The molecule has 0 saturated heterocycles. The molecule has 0 unspecified atom stereocenters. The van der Waals surface area contributed by atoms with Crippen molar-refractivity contribution in [1.82, 2.24) is 4.98 Å². The molecule has 0 saturated carbocycles. The average Bonchev–Trinajstić information content (AvgIpc) is 2.47. The molecule has 0 aliphatic carbocycles. The lowest BCUT2D eigenvalue weighted by atomic mass is 10.1. The molecule has 0 amide bonds. The Bertz CT molecular complexity index is 769. The van der Waals surface area contributed by atoms with E-state index in [1.807, 2.05) is 12.1 Å². The molecule has 1 N–H and O–H groups in total. The van der Waals surface area contributed by atoms with Gasteiger partial charge in [-0.3, -0.25) is 0 Å². The lowest BCUT2D eigenvalue weighted by Crippen LogP contribution is -1.88. The first-order valence-corrected chi connectivity index (χ1v) is 6.11. The number of rotatable bonds is 2. The van der Waals surface area contributed by atoms with E-state index in [9.17, 15) is 9.50 Å². The van der Waals surface area contributed by atoms with E-state index in [0.717, 1.165) is 10.9 Å². The van der Waals surface area contributed by atoms with E-state index in [1.54, 1.807) is 31.4 Å². The zero-order valence-corrected chi connectivity index (χ0v) is 10.8. The average molecular weight is 269 g/mol. The number of aromatic nitrogens is 1. The topological polar surface area (TPSA) is 42.4 Å². The summed E-state index contributed by atoms with van der Waals surface area (Å²) in [6, 6.07) is 13.2. The number of pyridine rings is 1. The summed E-state index contributed by atoms with van der Waals surface area (Å²) in [7, 11) is 1.59. The SMILES string of the molecule is COc1ccc2c(O)nc(-c3ccc(F)cc3)cc2c1. The summed E-state index contributed by atoms with van der Waals surface area (Å²) in [5.41, 5.74) is 1.33. The summed E-state index contributed by atoms with van der Waals surface area (Å²) in [6.45, 7) is 0. The molecule has 0 radical (unpaired) electrons. The van der Waals surface area contributed by atoms with Gasteiger partial charge < -0.3 is 9.84 Å². The molecular weight excluding hydrogens is 257 g/mol. The molecule has 1 heterocycles. The summed E-state index contributed by atoms with van der Waals surface area (Å²) >= 11 is 0. The number of ether oxygens (including phenoxy) is 1. The maximum atomic E-state index is 12.9. The smallest absolute Gasteiger partial charge is 0.219 e. The van der Waals surface area contributed by atoms with Crippen molar-refractivity contribution in [3.05, 3.63) is 54.3 Å². The number of hydrogen-bond donors (Lipinski definition) is 1. The molecule has 0 bridgehead atoms. The summed E-state index contributed by atoms with van der Waals surface area (Å²) in [4.78, 5) is 4.15. The van der Waals surface area contributed by atoms with Crippen LogP contribution in [0.25, 0.3) is 22.0 Å². The number of methoxy groups -OCH3 is 1. The second-order valence-corrected chi connectivity index (χ2v) is 4.43. The molecule has 0 aliphatic heterocycles. The van der Waals surface area contributed by atoms with Gasteiger partial charge in [0.05, 0.1) is 12.8 Å². The van der Waals surface area contributed by atoms with Crippen LogP contribution < -0.4 is 4.74 Å². The highest BCUT2D eigenvalue weighted by Crippen LogP contribution is 2.30. The van der Waals surface area contributed by atoms with Gasteiger partial charge in [-0.1, -0.05) is 0 Å². The van der Waals surface area contributed by atoms with E-state index in [1.165, 1.54) is 12.1 Å². The molecule has 0 atom stereocenters. The molecule has 2 aromatic carbocycles. The van der Waals surface area contributed by atoms with Gasteiger partial charge in [-0.15, -0.1) is 0 Å². The molecule has 0 fully saturated rings. The monoisotopic (exact) mass is 269 g/mol. The summed E-state index contributed by atoms with van der Waals surface area (Å²) < 4.78 is 18.1. The Hall–Kier alpha value is -2.62. The number of hydrogen-bond acceptors (Lipinski definition) is 3. The zero-order valence-electron chi connectivity index (χ0n) is 10.8. The normalized spacial score (nSPS) is 10.7. The fourth-order valence-corrected chi connectivity index (χ4v) is 2.11. The number of nitrogens with zero attached hydrogens (tertiary/aromatic N) is 1. The lowest BCUT2D eigenvalue weighted by Gasteiger charge is -2.07. The molecule has 20 heavy (non-hydrogen) atoms. The van der Waals surface area contributed by atoms with Crippen LogP contribution in [-0.4, -0.2) is 17.2 Å². The first-order valence-electron chi connectivity index (χ1n) is 6.11. The lowest BCUT2D eigenvalue weighted by molar-refractivity contribution is 0.415. The first kappa shape index (κ1) is 12.4. The minimum Gasteiger partial charge on any atom is -0.497 e. The van der Waals surface area contributed by atoms with Crippen molar-refractivity contribution in [2.24, 2.45) is 0 Å². The Morgan fingerprint density at radius 1 is 1.05 bits per heavy atom. The van der Waals surface area contributed by atoms with Crippen molar-refractivity contribution in [3.8, 4) is 22.9 Å². The third-order valence-electron chi connectivity index (χ3n) is 3.16. The minimum atomic E-state index is -0.305. The maximum absolute atomic E-state index is 12.9. The maximum Gasteiger partial charge on any atom is 0.219 e. The standard InChI is InChI=1S/C16H12FNO2/c1-20-13-6-7-14-11(8-13)9-15(18-16(14)19)10-2-4-12(17)5-3-10/h2-9H,1H3,(H,18,19). The highest BCUT2D eigenvalue weighted by atomic mass is 19.1. The highest BCUT2D eigenvalue weighted by molar-refractivity contribution is 5.90. The predicted molar refractivity (Wildman–Crippen MR) is 75.4 cm³/mol. The van der Waals surface area contributed by atoms with Crippen LogP contribution in [0.1, 0.15) is 0 Å². The van der Waals surface area contributed by atoms with Crippen LogP contribution in [0.5, 0.6) is 11.6 Å². The number of benzene rings is 2. The van der Waals surface area contributed by atoms with Crippen LogP contribution in [0.3, 0.4) is 0 Å². The fourth-order valence-electron chi connectivity index (χ4n) is 2.11. The molecule has 3 nitrogen and oxygen atoms in total. The van der Waals surface area contributed by atoms with Gasteiger partial charge in [0.25, 0.3) is 0 Å². The highest BCUT2D eigenvalue weighted by Gasteiger charge is 2.08. The quantitative estimate of drug-likeness (QED) is 0.770. The summed E-state index contributed by atoms with van der Waals surface area (Å²) in [5.74, 6) is 0.345. The van der Waals surface area contributed by atoms with Gasteiger partial charge in [0, 0.05) is 10.9 Å².